The summed E-state index contributed by atoms with van der Waals surface area (Å²) >= 11 is 0. The number of carbonyl (C=O) groups is 2. The molecular weight excluding hydrogens is 330 g/mol. The molecule has 25 heavy (non-hydrogen) atoms. The first kappa shape index (κ1) is 16.0. The first-order valence-electron chi connectivity index (χ1n) is 8.03. The van der Waals surface area contributed by atoms with E-state index in [2.05, 4.69) is 0 Å². The van der Waals surface area contributed by atoms with Crippen molar-refractivity contribution in [1.29, 1.82) is 0 Å². The highest BCUT2D eigenvalue weighted by atomic mass is 16.6. The van der Waals surface area contributed by atoms with Gasteiger partial charge in [0.25, 0.3) is 0 Å². The van der Waals surface area contributed by atoms with Crippen LogP contribution in [0.15, 0.2) is 12.1 Å². The molecule has 1 N–H and O–H groups in total. The Bertz CT molecular complexity index is 761. The van der Waals surface area contributed by atoms with Crippen molar-refractivity contribution < 1.29 is 33.6 Å². The normalized spacial score (nSPS) is 23.0. The average molecular weight is 349 g/mol. The van der Waals surface area contributed by atoms with Crippen molar-refractivity contribution in [2.75, 3.05) is 19.7 Å². The second-order valence-corrected chi connectivity index (χ2v) is 7.55. The van der Waals surface area contributed by atoms with Gasteiger partial charge in [-0.3, -0.25) is 4.90 Å². The maximum atomic E-state index is 12.1. The van der Waals surface area contributed by atoms with Crippen molar-refractivity contribution in [1.82, 2.24) is 4.90 Å². The lowest BCUT2D eigenvalue weighted by molar-refractivity contribution is -0.114. The fourth-order valence-electron chi connectivity index (χ4n) is 3.11. The Hall–Kier alpha value is -2.48. The Morgan fingerprint density at radius 2 is 2.04 bits per heavy atom. The number of rotatable bonds is 0. The fraction of sp³-hybridized carbons (Fsp3) is 0.529. The van der Waals surface area contributed by atoms with Crippen molar-refractivity contribution >= 4 is 12.1 Å². The summed E-state index contributed by atoms with van der Waals surface area (Å²) in [6, 6.07) is 3.07. The van der Waals surface area contributed by atoms with Crippen LogP contribution in [0.2, 0.25) is 0 Å². The summed E-state index contributed by atoms with van der Waals surface area (Å²) in [4.78, 5) is 25.3. The first-order chi connectivity index (χ1) is 11.7. The molecular formula is C17H19NO7. The molecule has 0 bridgehead atoms. The minimum atomic E-state index is -1.30. The standard InChI is InChI=1S/C17H19NO7/c1-16(2,3)25-15(21)18-6-17(7-18)8-22-11-4-9-10(5-12(11)24-17)14(20)23-13(9)19/h4-5,14,20H,6-8H2,1-3H3. The Morgan fingerprint density at radius 3 is 2.72 bits per heavy atom. The molecule has 0 aliphatic carbocycles. The molecule has 4 rings (SSSR count). The highest BCUT2D eigenvalue weighted by molar-refractivity contribution is 5.94. The maximum Gasteiger partial charge on any atom is 0.410 e. The molecule has 3 heterocycles. The Kier molecular flexibility index (Phi) is 3.21. The number of ether oxygens (including phenoxy) is 4. The summed E-state index contributed by atoms with van der Waals surface area (Å²) in [5.41, 5.74) is -0.575. The van der Waals surface area contributed by atoms with Crippen LogP contribution in [0.1, 0.15) is 43.0 Å². The van der Waals surface area contributed by atoms with Gasteiger partial charge < -0.3 is 24.1 Å². The van der Waals surface area contributed by atoms with Crippen LogP contribution >= 0.6 is 0 Å². The third kappa shape index (κ3) is 2.66. The van der Waals surface area contributed by atoms with Crippen molar-refractivity contribution in [3.63, 3.8) is 0 Å². The molecule has 8 nitrogen and oxygen atoms in total. The minimum Gasteiger partial charge on any atom is -0.485 e. The monoisotopic (exact) mass is 349 g/mol. The molecule has 0 saturated carbocycles. The van der Waals surface area contributed by atoms with Crippen molar-refractivity contribution in [2.24, 2.45) is 0 Å². The van der Waals surface area contributed by atoms with Crippen LogP contribution in [0, 0.1) is 0 Å². The fourth-order valence-corrected chi connectivity index (χ4v) is 3.11. The summed E-state index contributed by atoms with van der Waals surface area (Å²) < 4.78 is 21.9. The molecule has 1 aromatic rings. The van der Waals surface area contributed by atoms with Crippen LogP contribution in [-0.2, 0) is 9.47 Å². The number of likely N-dealkylation sites (tertiary alicyclic amines) is 1. The van der Waals surface area contributed by atoms with Gasteiger partial charge >= 0.3 is 12.1 Å². The first-order valence-corrected chi connectivity index (χ1v) is 8.03. The zero-order valence-electron chi connectivity index (χ0n) is 14.2. The number of cyclic esters (lactones) is 1. The van der Waals surface area contributed by atoms with E-state index in [0.29, 0.717) is 30.2 Å². The summed E-state index contributed by atoms with van der Waals surface area (Å²) in [5, 5.41) is 9.77. The van der Waals surface area contributed by atoms with Gasteiger partial charge in [-0.25, -0.2) is 9.59 Å². The van der Waals surface area contributed by atoms with Gasteiger partial charge in [-0.05, 0) is 32.9 Å². The van der Waals surface area contributed by atoms with Crippen molar-refractivity contribution in [3.8, 4) is 11.5 Å². The van der Waals surface area contributed by atoms with E-state index in [-0.39, 0.29) is 12.2 Å². The molecule has 3 aliphatic heterocycles. The van der Waals surface area contributed by atoms with Gasteiger partial charge in [-0.15, -0.1) is 0 Å². The lowest BCUT2D eigenvalue weighted by Crippen LogP contribution is -2.70. The minimum absolute atomic E-state index is 0.260. The number of amides is 1. The van der Waals surface area contributed by atoms with E-state index in [9.17, 15) is 14.7 Å². The van der Waals surface area contributed by atoms with E-state index >= 15 is 0 Å². The van der Waals surface area contributed by atoms with Gasteiger partial charge in [0.05, 0.1) is 18.7 Å². The number of nitrogens with zero attached hydrogens (tertiary/aromatic N) is 1. The van der Waals surface area contributed by atoms with E-state index < -0.39 is 29.6 Å². The van der Waals surface area contributed by atoms with E-state index in [1.165, 1.54) is 6.07 Å². The van der Waals surface area contributed by atoms with Crippen LogP contribution in [0.5, 0.6) is 11.5 Å². The van der Waals surface area contributed by atoms with Crippen LogP contribution in [0.3, 0.4) is 0 Å². The molecule has 134 valence electrons. The Labute approximate surface area is 144 Å². The Morgan fingerprint density at radius 1 is 1.32 bits per heavy atom. The number of fused-ring (bicyclic) bond motifs is 2. The maximum absolute atomic E-state index is 12.1. The lowest BCUT2D eigenvalue weighted by atomic mass is 9.94. The molecule has 0 radical (unpaired) electrons. The number of esters is 1. The molecule has 1 fully saturated rings. The topological polar surface area (TPSA) is 94.5 Å². The molecule has 1 atom stereocenters. The molecule has 1 aromatic carbocycles. The van der Waals surface area contributed by atoms with Crippen molar-refractivity contribution in [3.05, 3.63) is 23.3 Å². The van der Waals surface area contributed by atoms with Gasteiger partial charge in [0.2, 0.25) is 6.29 Å². The number of aliphatic hydroxyl groups excluding tert-OH is 1. The van der Waals surface area contributed by atoms with Crippen LogP contribution in [-0.4, -0.2) is 53.0 Å². The predicted molar refractivity (Wildman–Crippen MR) is 83.5 cm³/mol. The van der Waals surface area contributed by atoms with Gasteiger partial charge in [0, 0.05) is 5.56 Å². The van der Waals surface area contributed by atoms with Crippen LogP contribution in [0.4, 0.5) is 4.79 Å². The molecule has 1 saturated heterocycles. The Balaban J connectivity index is 1.49. The van der Waals surface area contributed by atoms with E-state index in [1.807, 2.05) is 20.8 Å². The molecule has 3 aliphatic rings. The SMILES string of the molecule is CC(C)(C)OC(=O)N1CC2(COc3cc4c(cc3O2)C(O)OC4=O)C1. The number of hydrogen-bond acceptors (Lipinski definition) is 7. The number of hydrogen-bond donors (Lipinski definition) is 1. The quantitative estimate of drug-likeness (QED) is 0.711. The summed E-state index contributed by atoms with van der Waals surface area (Å²) in [6.07, 6.45) is -1.69. The van der Waals surface area contributed by atoms with Gasteiger partial charge in [0.1, 0.15) is 12.2 Å². The average Bonchev–Trinajstić information content (AvgIpc) is 2.75. The number of aliphatic hydroxyl groups is 1. The van der Waals surface area contributed by atoms with Crippen LogP contribution in [0.25, 0.3) is 0 Å². The lowest BCUT2D eigenvalue weighted by Gasteiger charge is -2.50. The summed E-state index contributed by atoms with van der Waals surface area (Å²) in [5.74, 6) is 0.256. The molecule has 0 aromatic heterocycles. The predicted octanol–water partition coefficient (Wildman–Crippen LogP) is 1.61. The highest BCUT2D eigenvalue weighted by Crippen LogP contribution is 2.44. The zero-order valence-corrected chi connectivity index (χ0v) is 14.2. The van der Waals surface area contributed by atoms with Crippen LogP contribution < -0.4 is 9.47 Å². The smallest absolute Gasteiger partial charge is 0.410 e. The highest BCUT2D eigenvalue weighted by Gasteiger charge is 2.52. The van der Waals surface area contributed by atoms with E-state index in [1.54, 1.807) is 11.0 Å². The summed E-state index contributed by atoms with van der Waals surface area (Å²) in [6.45, 7) is 6.38. The third-order valence-electron chi connectivity index (χ3n) is 4.25. The third-order valence-corrected chi connectivity index (χ3v) is 4.25. The van der Waals surface area contributed by atoms with Gasteiger partial charge in [-0.1, -0.05) is 0 Å². The van der Waals surface area contributed by atoms with Gasteiger partial charge in [-0.2, -0.15) is 0 Å². The molecule has 1 spiro atoms. The van der Waals surface area contributed by atoms with E-state index in [4.69, 9.17) is 18.9 Å². The molecule has 1 amide bonds. The summed E-state index contributed by atoms with van der Waals surface area (Å²) in [7, 11) is 0. The second kappa shape index (κ2) is 5.01. The molecule has 1 unspecified atom stereocenters. The number of benzene rings is 1. The van der Waals surface area contributed by atoms with Crippen molar-refractivity contribution in [2.45, 2.75) is 38.3 Å². The zero-order chi connectivity index (χ0) is 18.0. The van der Waals surface area contributed by atoms with E-state index in [0.717, 1.165) is 0 Å². The number of carbonyl (C=O) groups excluding carboxylic acids is 2. The second-order valence-electron chi connectivity index (χ2n) is 7.55. The largest absolute Gasteiger partial charge is 0.485 e. The molecule has 8 heteroatoms. The van der Waals surface area contributed by atoms with Gasteiger partial charge in [0.15, 0.2) is 17.1 Å².